The number of rotatable bonds is 16. The number of aryl methyl sites for hydroxylation is 1. The molecule has 2 aliphatic rings. The molecule has 1 saturated heterocycles. The van der Waals surface area contributed by atoms with Crippen LogP contribution in [0.4, 0.5) is 0 Å². The van der Waals surface area contributed by atoms with E-state index in [2.05, 4.69) is 38.2 Å². The van der Waals surface area contributed by atoms with Crippen LogP contribution in [0.3, 0.4) is 0 Å². The largest absolute Gasteiger partial charge is 0.492 e. The Kier molecular flexibility index (Phi) is 16.0. The summed E-state index contributed by atoms with van der Waals surface area (Å²) in [5.41, 5.74) is 21.9. The van der Waals surface area contributed by atoms with Gasteiger partial charge in [0.05, 0.1) is 30.5 Å². The summed E-state index contributed by atoms with van der Waals surface area (Å²) in [5, 5.41) is 19.9. The van der Waals surface area contributed by atoms with Crippen LogP contribution in [0.2, 0.25) is 0 Å². The highest BCUT2D eigenvalue weighted by Crippen LogP contribution is 2.40. The summed E-state index contributed by atoms with van der Waals surface area (Å²) in [5.74, 6) is -2.19. The number of carbonyl (C=O) groups is 5. The highest BCUT2D eigenvalue weighted by atomic mass is 16.5. The van der Waals surface area contributed by atoms with E-state index in [0.717, 1.165) is 11.1 Å². The van der Waals surface area contributed by atoms with E-state index in [0.29, 0.717) is 58.5 Å². The molecule has 6 rings (SSSR count). The van der Waals surface area contributed by atoms with Gasteiger partial charge in [-0.15, -0.1) is 0 Å². The van der Waals surface area contributed by atoms with E-state index in [4.69, 9.17) is 36.7 Å². The van der Waals surface area contributed by atoms with Gasteiger partial charge in [0, 0.05) is 54.9 Å². The first-order valence-electron chi connectivity index (χ1n) is 21.7. The van der Waals surface area contributed by atoms with Crippen molar-refractivity contribution in [3.05, 3.63) is 94.8 Å². The summed E-state index contributed by atoms with van der Waals surface area (Å²) < 4.78 is 17.6. The number of likely N-dealkylation sites (N-methyl/N-ethyl adjacent to an activating group) is 1. The predicted molar refractivity (Wildman–Crippen MR) is 244 cm³/mol. The fourth-order valence-corrected chi connectivity index (χ4v) is 7.79. The highest BCUT2D eigenvalue weighted by Gasteiger charge is 2.37. The lowest BCUT2D eigenvalue weighted by molar-refractivity contribution is -0.141. The first-order chi connectivity index (χ1) is 31.7. The molecule has 10 N–H and O–H groups in total. The van der Waals surface area contributed by atoms with Crippen LogP contribution in [-0.4, -0.2) is 122 Å². The van der Waals surface area contributed by atoms with Gasteiger partial charge in [0.15, 0.2) is 5.82 Å². The minimum absolute atomic E-state index is 0.000282. The summed E-state index contributed by atoms with van der Waals surface area (Å²) in [6.45, 7) is 6.90. The maximum atomic E-state index is 14.7. The SMILES string of the molecule is Cc1nc(-c2ccc(C3(C)COC3)cc2)ncc1C(=O)NC(CCN)C(=O)N(C)[C@@H]1C(=O)N[C@@H](C)C(=O)N[C@H](C(=O)NCC#N)Cc2ccc(OCCN)c(c2)-c2cc1ccc2OCCN. The van der Waals surface area contributed by atoms with E-state index in [9.17, 15) is 24.0 Å². The lowest BCUT2D eigenvalue weighted by Crippen LogP contribution is -2.56. The Morgan fingerprint density at radius 2 is 1.62 bits per heavy atom. The normalized spacial score (nSPS) is 18.2. The van der Waals surface area contributed by atoms with Crippen LogP contribution in [0.25, 0.3) is 22.5 Å². The molecule has 4 bridgehead atoms. The van der Waals surface area contributed by atoms with Gasteiger partial charge in [-0.05, 0) is 67.8 Å². The maximum Gasteiger partial charge on any atom is 0.255 e. The topological polar surface area (TPSA) is 292 Å². The molecule has 0 spiro atoms. The number of nitrogens with one attached hydrogen (secondary N) is 4. The molecule has 1 unspecified atom stereocenters. The Morgan fingerprint density at radius 1 is 0.955 bits per heavy atom. The van der Waals surface area contributed by atoms with Gasteiger partial charge in [0.2, 0.25) is 23.6 Å². The molecule has 0 radical (unpaired) electrons. The number of benzene rings is 3. The fraction of sp³-hybridized carbons (Fsp3) is 0.404. The van der Waals surface area contributed by atoms with Crippen molar-refractivity contribution >= 4 is 29.5 Å². The molecule has 19 heteroatoms. The zero-order chi connectivity index (χ0) is 47.5. The quantitative estimate of drug-likeness (QED) is 0.0770. The third kappa shape index (κ3) is 11.1. The van der Waals surface area contributed by atoms with Crippen molar-refractivity contribution in [2.45, 2.75) is 63.2 Å². The van der Waals surface area contributed by atoms with Crippen molar-refractivity contribution in [3.8, 4) is 40.1 Å². The highest BCUT2D eigenvalue weighted by molar-refractivity contribution is 6.00. The number of fused-ring (bicyclic) bond motifs is 5. The van der Waals surface area contributed by atoms with Crippen molar-refractivity contribution in [1.29, 1.82) is 5.26 Å². The molecule has 0 aliphatic carbocycles. The van der Waals surface area contributed by atoms with Gasteiger partial charge in [-0.3, -0.25) is 24.0 Å². The third-order valence-corrected chi connectivity index (χ3v) is 11.5. The van der Waals surface area contributed by atoms with Crippen LogP contribution in [0.15, 0.2) is 66.9 Å². The van der Waals surface area contributed by atoms with E-state index in [-0.39, 0.29) is 63.2 Å². The second-order valence-corrected chi connectivity index (χ2v) is 16.5. The minimum atomic E-state index is -1.41. The van der Waals surface area contributed by atoms with Crippen molar-refractivity contribution in [2.75, 3.05) is 59.7 Å². The molecule has 1 fully saturated rings. The van der Waals surface area contributed by atoms with Gasteiger partial charge < -0.3 is 57.6 Å². The summed E-state index contributed by atoms with van der Waals surface area (Å²) in [6, 6.07) is 14.9. The predicted octanol–water partition coefficient (Wildman–Crippen LogP) is 0.914. The monoisotopic (exact) mass is 903 g/mol. The van der Waals surface area contributed by atoms with E-state index in [1.165, 1.54) is 25.1 Å². The lowest BCUT2D eigenvalue weighted by atomic mass is 9.80. The molecular weight excluding hydrogens is 847 g/mol. The first kappa shape index (κ1) is 48.5. The van der Waals surface area contributed by atoms with Crippen LogP contribution < -0.4 is 47.9 Å². The Hall–Kier alpha value is -6.98. The van der Waals surface area contributed by atoms with Gasteiger partial charge in [-0.2, -0.15) is 5.26 Å². The number of nitrogens with two attached hydrogens (primary N) is 3. The van der Waals surface area contributed by atoms with Gasteiger partial charge in [0.25, 0.3) is 5.91 Å². The van der Waals surface area contributed by atoms with E-state index < -0.39 is 53.7 Å². The molecule has 4 atom stereocenters. The molecule has 4 aromatic rings. The van der Waals surface area contributed by atoms with E-state index in [1.54, 1.807) is 43.3 Å². The summed E-state index contributed by atoms with van der Waals surface area (Å²) in [6.07, 6.45) is 1.40. The smallest absolute Gasteiger partial charge is 0.255 e. The van der Waals surface area contributed by atoms with Crippen molar-refractivity contribution in [1.82, 2.24) is 36.1 Å². The van der Waals surface area contributed by atoms with Gasteiger partial charge in [-0.1, -0.05) is 43.3 Å². The van der Waals surface area contributed by atoms with Gasteiger partial charge in [0.1, 0.15) is 55.4 Å². The molecule has 0 saturated carbocycles. The Morgan fingerprint density at radius 3 is 2.23 bits per heavy atom. The number of amides is 5. The van der Waals surface area contributed by atoms with Crippen LogP contribution in [0.5, 0.6) is 11.5 Å². The van der Waals surface area contributed by atoms with Crippen molar-refractivity contribution in [2.24, 2.45) is 17.2 Å². The molecule has 348 valence electrons. The van der Waals surface area contributed by atoms with E-state index >= 15 is 0 Å². The number of hydrogen-bond acceptors (Lipinski definition) is 14. The van der Waals surface area contributed by atoms with Crippen molar-refractivity contribution < 1.29 is 38.2 Å². The molecule has 66 heavy (non-hydrogen) atoms. The van der Waals surface area contributed by atoms with Gasteiger partial charge >= 0.3 is 0 Å². The zero-order valence-corrected chi connectivity index (χ0v) is 37.5. The second kappa shape index (κ2) is 21.8. The second-order valence-electron chi connectivity index (χ2n) is 16.5. The third-order valence-electron chi connectivity index (χ3n) is 11.5. The lowest BCUT2D eigenvalue weighted by Gasteiger charge is -2.38. The maximum absolute atomic E-state index is 14.7. The molecule has 3 heterocycles. The average Bonchev–Trinajstić information content (AvgIpc) is 3.30. The van der Waals surface area contributed by atoms with Crippen LogP contribution in [0, 0.1) is 18.3 Å². The minimum Gasteiger partial charge on any atom is -0.492 e. The number of hydrogen-bond donors (Lipinski definition) is 7. The van der Waals surface area contributed by atoms with Gasteiger partial charge in [-0.25, -0.2) is 9.97 Å². The molecule has 1 aromatic heterocycles. The Bertz CT molecular complexity index is 2470. The molecule has 3 aromatic carbocycles. The standard InChI is InChI=1S/C47H57N11O8/c1-27-35(24-53-41(54-27)30-6-9-32(10-7-30)47(3)25-64-26-47)43(60)56-36(13-14-48)46(63)58(4)40-31-8-12-39(66-20-17-51)34(23-31)33-21-29(5-11-38(33)65-19-16-50)22-37(44(61)52-18-15-49)57-42(59)28(2)55-45(40)62/h5-12,21,23-24,28,36-37,40H,13-14,16-20,22,25-26,48,50-51H2,1-4H3,(H,52,61)(H,55,62)(H,56,60)(H,57,59)/t28-,36?,37-,40-/m0/s1. The average molecular weight is 904 g/mol. The molecule has 19 nitrogen and oxygen atoms in total. The number of nitriles is 1. The first-order valence-corrected chi connectivity index (χ1v) is 21.7. The molecular formula is C47H57N11O8. The Labute approximate surface area is 383 Å². The Balaban J connectivity index is 1.36. The summed E-state index contributed by atoms with van der Waals surface area (Å²) >= 11 is 0. The zero-order valence-electron chi connectivity index (χ0n) is 37.5. The number of nitrogens with zero attached hydrogens (tertiary/aromatic N) is 4. The summed E-state index contributed by atoms with van der Waals surface area (Å²) in [7, 11) is 1.41. The van der Waals surface area contributed by atoms with Crippen LogP contribution >= 0.6 is 0 Å². The molecule has 2 aliphatic heterocycles. The van der Waals surface area contributed by atoms with Crippen molar-refractivity contribution in [3.63, 3.8) is 0 Å². The van der Waals surface area contributed by atoms with Crippen LogP contribution in [-0.2, 0) is 35.8 Å². The number of carbonyl (C=O) groups excluding carboxylic acids is 5. The fourth-order valence-electron chi connectivity index (χ4n) is 7.79. The number of ether oxygens (including phenoxy) is 3. The number of aromatic nitrogens is 2. The van der Waals surface area contributed by atoms with Crippen LogP contribution in [0.1, 0.15) is 59.1 Å². The molecule has 5 amide bonds. The summed E-state index contributed by atoms with van der Waals surface area (Å²) in [4.78, 5) is 80.5. The van der Waals surface area contributed by atoms with E-state index in [1.807, 2.05) is 30.3 Å².